The standard InChI is InChI=1S/C12H22O7S/c1-5-11(15)7(13)3-9(18-5)20(17)10-4-8(14)12(16)6(2)19-10/h5-16H,3-4H2,1-2H3/t5-,6-,7-,8-,9?,10?,11+,12+,20?/m1/s1. The van der Waals surface area contributed by atoms with Crippen LogP contribution >= 0.6 is 0 Å². The van der Waals surface area contributed by atoms with E-state index in [0.717, 1.165) is 0 Å². The third-order valence-electron chi connectivity index (χ3n) is 3.87. The Morgan fingerprint density at radius 1 is 0.850 bits per heavy atom. The number of hydrogen-bond donors (Lipinski definition) is 4. The largest absolute Gasteiger partial charge is 0.390 e. The van der Waals surface area contributed by atoms with Gasteiger partial charge in [-0.05, 0) is 13.8 Å². The van der Waals surface area contributed by atoms with Gasteiger partial charge < -0.3 is 29.9 Å². The number of aliphatic hydroxyl groups is 4. The molecule has 0 aromatic carbocycles. The van der Waals surface area contributed by atoms with Gasteiger partial charge in [-0.15, -0.1) is 0 Å². The minimum Gasteiger partial charge on any atom is -0.390 e. The molecular weight excluding hydrogens is 288 g/mol. The highest BCUT2D eigenvalue weighted by atomic mass is 32.2. The molecule has 0 aliphatic carbocycles. The van der Waals surface area contributed by atoms with Crippen LogP contribution in [-0.4, -0.2) is 72.1 Å². The maximum atomic E-state index is 12.4. The normalized spacial score (nSPS) is 51.7. The van der Waals surface area contributed by atoms with E-state index < -0.39 is 58.3 Å². The Bertz CT molecular complexity index is 310. The lowest BCUT2D eigenvalue weighted by molar-refractivity contribution is -0.148. The average molecular weight is 310 g/mol. The number of rotatable bonds is 2. The Kier molecular flexibility index (Phi) is 5.17. The van der Waals surface area contributed by atoms with E-state index >= 15 is 0 Å². The molecular formula is C12H22O7S. The summed E-state index contributed by atoms with van der Waals surface area (Å²) in [4.78, 5) is 0. The Morgan fingerprint density at radius 2 is 1.20 bits per heavy atom. The second-order valence-electron chi connectivity index (χ2n) is 5.46. The molecule has 2 aliphatic heterocycles. The molecule has 0 bridgehead atoms. The van der Waals surface area contributed by atoms with Crippen LogP contribution in [0, 0.1) is 0 Å². The molecule has 2 fully saturated rings. The highest BCUT2D eigenvalue weighted by molar-refractivity contribution is 7.86. The number of ether oxygens (including phenoxy) is 2. The van der Waals surface area contributed by atoms with E-state index in [9.17, 15) is 24.6 Å². The van der Waals surface area contributed by atoms with Gasteiger partial charge >= 0.3 is 0 Å². The van der Waals surface area contributed by atoms with Gasteiger partial charge in [0.25, 0.3) is 0 Å². The van der Waals surface area contributed by atoms with Crippen LogP contribution in [0.25, 0.3) is 0 Å². The van der Waals surface area contributed by atoms with E-state index in [2.05, 4.69) is 0 Å². The molecule has 0 aromatic rings. The molecule has 2 aliphatic rings. The van der Waals surface area contributed by atoms with Gasteiger partial charge in [-0.3, -0.25) is 4.21 Å². The first-order valence-corrected chi connectivity index (χ1v) is 8.01. The molecule has 8 heteroatoms. The molecule has 0 amide bonds. The number of aliphatic hydroxyl groups excluding tert-OH is 4. The fraction of sp³-hybridized carbons (Fsp3) is 1.00. The van der Waals surface area contributed by atoms with Crippen molar-refractivity contribution in [1.82, 2.24) is 0 Å². The lowest BCUT2D eigenvalue weighted by atomic mass is 10.0. The third kappa shape index (κ3) is 3.22. The van der Waals surface area contributed by atoms with Crippen LogP contribution in [0.1, 0.15) is 26.7 Å². The Morgan fingerprint density at radius 3 is 1.50 bits per heavy atom. The summed E-state index contributed by atoms with van der Waals surface area (Å²) in [6, 6.07) is 0. The van der Waals surface area contributed by atoms with Gasteiger partial charge in [0.15, 0.2) is 0 Å². The highest BCUT2D eigenvalue weighted by Crippen LogP contribution is 2.29. The van der Waals surface area contributed by atoms with Gasteiger partial charge in [-0.2, -0.15) is 0 Å². The smallest absolute Gasteiger partial charge is 0.138 e. The molecule has 118 valence electrons. The molecule has 2 rings (SSSR count). The van der Waals surface area contributed by atoms with Crippen molar-refractivity contribution in [2.24, 2.45) is 0 Å². The zero-order valence-corrected chi connectivity index (χ0v) is 12.3. The zero-order valence-electron chi connectivity index (χ0n) is 11.5. The minimum atomic E-state index is -1.59. The Balaban J connectivity index is 2.01. The molecule has 0 aromatic heterocycles. The van der Waals surface area contributed by atoms with Crippen molar-refractivity contribution in [2.45, 2.75) is 74.2 Å². The van der Waals surface area contributed by atoms with Crippen LogP contribution in [-0.2, 0) is 20.3 Å². The lowest BCUT2D eigenvalue weighted by Gasteiger charge is -2.39. The summed E-state index contributed by atoms with van der Waals surface area (Å²) >= 11 is 0. The second-order valence-corrected chi connectivity index (χ2v) is 7.17. The third-order valence-corrected chi connectivity index (χ3v) is 5.51. The van der Waals surface area contributed by atoms with Crippen LogP contribution in [0.15, 0.2) is 0 Å². The fourth-order valence-corrected chi connectivity index (χ4v) is 4.20. The van der Waals surface area contributed by atoms with Crippen LogP contribution in [0.4, 0.5) is 0 Å². The van der Waals surface area contributed by atoms with E-state index in [-0.39, 0.29) is 12.8 Å². The van der Waals surface area contributed by atoms with Gasteiger partial charge in [-0.25, -0.2) is 0 Å². The van der Waals surface area contributed by atoms with Gasteiger partial charge in [0, 0.05) is 12.8 Å². The SMILES string of the molecule is C[C@H]1OC(S(=O)C2C[C@@H](O)[C@@H](O)[C@@H](C)O2)C[C@@H](O)[C@H]1O. The molecule has 0 radical (unpaired) electrons. The van der Waals surface area contributed by atoms with Gasteiger partial charge in [0.1, 0.15) is 23.1 Å². The molecule has 7 nitrogen and oxygen atoms in total. The summed E-state index contributed by atoms with van der Waals surface area (Å²) in [5, 5.41) is 38.6. The van der Waals surface area contributed by atoms with Crippen molar-refractivity contribution >= 4 is 10.8 Å². The van der Waals surface area contributed by atoms with E-state index in [4.69, 9.17) is 9.47 Å². The average Bonchev–Trinajstić information content (AvgIpc) is 2.40. The maximum absolute atomic E-state index is 12.4. The van der Waals surface area contributed by atoms with Crippen molar-refractivity contribution < 1.29 is 34.1 Å². The summed E-state index contributed by atoms with van der Waals surface area (Å²) in [7, 11) is -1.59. The molecule has 4 N–H and O–H groups in total. The summed E-state index contributed by atoms with van der Waals surface area (Å²) in [6.07, 6.45) is -5.14. The monoisotopic (exact) mass is 310 g/mol. The van der Waals surface area contributed by atoms with Crippen LogP contribution < -0.4 is 0 Å². The molecule has 2 heterocycles. The predicted octanol–water partition coefficient (Wildman–Crippen LogP) is -1.55. The summed E-state index contributed by atoms with van der Waals surface area (Å²) in [5.41, 5.74) is -1.52. The Labute approximate surface area is 120 Å². The van der Waals surface area contributed by atoms with Crippen molar-refractivity contribution in [3.05, 3.63) is 0 Å². The summed E-state index contributed by atoms with van der Waals surface area (Å²) < 4.78 is 23.3. The molecule has 0 spiro atoms. The summed E-state index contributed by atoms with van der Waals surface area (Å²) in [6.45, 7) is 3.19. The van der Waals surface area contributed by atoms with Gasteiger partial charge in [-0.1, -0.05) is 0 Å². The van der Waals surface area contributed by atoms with E-state index in [1.165, 1.54) is 0 Å². The van der Waals surface area contributed by atoms with Crippen molar-refractivity contribution in [1.29, 1.82) is 0 Å². The number of hydrogen-bond acceptors (Lipinski definition) is 7. The summed E-state index contributed by atoms with van der Waals surface area (Å²) in [5.74, 6) is 0. The maximum Gasteiger partial charge on any atom is 0.138 e. The van der Waals surface area contributed by atoms with Crippen LogP contribution in [0.3, 0.4) is 0 Å². The molecule has 8 atom stereocenters. The first kappa shape index (κ1) is 16.3. The molecule has 0 saturated carbocycles. The van der Waals surface area contributed by atoms with Crippen molar-refractivity contribution in [3.8, 4) is 0 Å². The fourth-order valence-electron chi connectivity index (χ4n) is 2.52. The second kappa shape index (κ2) is 6.35. The predicted molar refractivity (Wildman–Crippen MR) is 70.1 cm³/mol. The van der Waals surface area contributed by atoms with E-state index in [1.807, 2.05) is 0 Å². The van der Waals surface area contributed by atoms with Gasteiger partial charge in [0.2, 0.25) is 0 Å². The van der Waals surface area contributed by atoms with E-state index in [0.29, 0.717) is 0 Å². The van der Waals surface area contributed by atoms with Crippen molar-refractivity contribution in [2.75, 3.05) is 0 Å². The molecule has 20 heavy (non-hydrogen) atoms. The zero-order chi connectivity index (χ0) is 15.0. The van der Waals surface area contributed by atoms with E-state index in [1.54, 1.807) is 13.8 Å². The topological polar surface area (TPSA) is 116 Å². The Hall–Kier alpha value is -0.0900. The van der Waals surface area contributed by atoms with Crippen LogP contribution in [0.2, 0.25) is 0 Å². The van der Waals surface area contributed by atoms with Gasteiger partial charge in [0.05, 0.1) is 35.2 Å². The first-order chi connectivity index (χ1) is 9.31. The quantitative estimate of drug-likeness (QED) is 0.488. The minimum absolute atomic E-state index is 0.0466. The molecule has 2 unspecified atom stereocenters. The molecule has 2 saturated heterocycles. The lowest BCUT2D eigenvalue weighted by Crippen LogP contribution is -2.53. The van der Waals surface area contributed by atoms with Crippen molar-refractivity contribution in [3.63, 3.8) is 0 Å². The van der Waals surface area contributed by atoms with Crippen LogP contribution in [0.5, 0.6) is 0 Å². The highest BCUT2D eigenvalue weighted by Gasteiger charge is 2.43. The first-order valence-electron chi connectivity index (χ1n) is 6.73.